The van der Waals surface area contributed by atoms with E-state index < -0.39 is 0 Å². The van der Waals surface area contributed by atoms with Gasteiger partial charge in [0.1, 0.15) is 30.5 Å². The van der Waals surface area contributed by atoms with E-state index in [0.29, 0.717) is 18.8 Å². The first kappa shape index (κ1) is 26.2. The van der Waals surface area contributed by atoms with Crippen molar-refractivity contribution in [2.24, 2.45) is 0 Å². The van der Waals surface area contributed by atoms with Crippen LogP contribution >= 0.6 is 15.9 Å². The fraction of sp³-hybridized carbons (Fsp3) is 0.0909. The van der Waals surface area contributed by atoms with Gasteiger partial charge in [-0.05, 0) is 60.0 Å². The van der Waals surface area contributed by atoms with E-state index in [1.807, 2.05) is 91.0 Å². The molecular formula is C33H28BrFO2. The fourth-order valence-corrected chi connectivity index (χ4v) is 3.90. The van der Waals surface area contributed by atoms with Crippen LogP contribution < -0.4 is 9.47 Å². The maximum absolute atomic E-state index is 13.9. The van der Waals surface area contributed by atoms with Gasteiger partial charge in [-0.1, -0.05) is 112 Å². The van der Waals surface area contributed by atoms with Gasteiger partial charge in [0, 0.05) is 10.0 Å². The van der Waals surface area contributed by atoms with Crippen molar-refractivity contribution >= 4 is 15.9 Å². The molecule has 0 spiro atoms. The van der Waals surface area contributed by atoms with Crippen LogP contribution in [0.15, 0.2) is 132 Å². The molecule has 37 heavy (non-hydrogen) atoms. The lowest BCUT2D eigenvalue weighted by Crippen LogP contribution is -1.94. The van der Waals surface area contributed by atoms with Crippen molar-refractivity contribution < 1.29 is 13.9 Å². The molecule has 0 bridgehead atoms. The number of halogens is 2. The van der Waals surface area contributed by atoms with E-state index in [9.17, 15) is 4.39 Å². The Labute approximate surface area is 226 Å². The van der Waals surface area contributed by atoms with Crippen LogP contribution in [0, 0.1) is 12.7 Å². The predicted molar refractivity (Wildman–Crippen MR) is 152 cm³/mol. The standard InChI is InChI=1S/C19H14BrFO.C14H14O/c20-16-8-11-18(19(21)12-16)15-6-9-17(10-7-15)22-13-14-4-2-1-3-5-14;1-12-7-9-14(10-8-12)15-11-13-5-3-2-4-6-13/h1-12H,13H2;2-10H,11H2,1H3. The smallest absolute Gasteiger partial charge is 0.132 e. The number of hydrogen-bond acceptors (Lipinski definition) is 2. The Bertz CT molecular complexity index is 1370. The molecule has 0 aromatic heterocycles. The third kappa shape index (κ3) is 8.33. The molecule has 0 aliphatic rings. The minimum atomic E-state index is -0.243. The van der Waals surface area contributed by atoms with Crippen molar-refractivity contribution in [2.45, 2.75) is 20.1 Å². The molecule has 186 valence electrons. The molecule has 0 aliphatic heterocycles. The van der Waals surface area contributed by atoms with Crippen molar-refractivity contribution in [3.8, 4) is 22.6 Å². The molecular weight excluding hydrogens is 527 g/mol. The topological polar surface area (TPSA) is 18.5 Å². The molecule has 0 heterocycles. The van der Waals surface area contributed by atoms with Crippen molar-refractivity contribution in [1.82, 2.24) is 0 Å². The Morgan fingerprint density at radius 2 is 1.08 bits per heavy atom. The number of benzene rings is 5. The van der Waals surface area contributed by atoms with Crippen molar-refractivity contribution in [2.75, 3.05) is 0 Å². The summed E-state index contributed by atoms with van der Waals surface area (Å²) in [7, 11) is 0. The van der Waals surface area contributed by atoms with E-state index in [1.54, 1.807) is 6.07 Å². The van der Waals surface area contributed by atoms with Crippen LogP contribution in [0.4, 0.5) is 4.39 Å². The lowest BCUT2D eigenvalue weighted by molar-refractivity contribution is 0.306. The molecule has 0 fully saturated rings. The van der Waals surface area contributed by atoms with Crippen LogP contribution in [0.25, 0.3) is 11.1 Å². The second-order valence-electron chi connectivity index (χ2n) is 8.51. The SMILES string of the molecule is Cc1ccc(OCc2ccccc2)cc1.Fc1cc(Br)ccc1-c1ccc(OCc2ccccc2)cc1. The average molecular weight is 555 g/mol. The van der Waals surface area contributed by atoms with Crippen LogP contribution in [0.1, 0.15) is 16.7 Å². The lowest BCUT2D eigenvalue weighted by Gasteiger charge is -2.08. The Hall–Kier alpha value is -3.89. The zero-order valence-corrected chi connectivity index (χ0v) is 22.2. The molecule has 0 N–H and O–H groups in total. The van der Waals surface area contributed by atoms with Gasteiger partial charge in [0.25, 0.3) is 0 Å². The molecule has 0 radical (unpaired) electrons. The zero-order valence-electron chi connectivity index (χ0n) is 20.6. The Morgan fingerprint density at radius 1 is 0.595 bits per heavy atom. The van der Waals surface area contributed by atoms with E-state index in [2.05, 4.69) is 47.1 Å². The highest BCUT2D eigenvalue weighted by molar-refractivity contribution is 9.10. The van der Waals surface area contributed by atoms with Gasteiger partial charge in [-0.25, -0.2) is 4.39 Å². The summed E-state index contributed by atoms with van der Waals surface area (Å²) >= 11 is 3.26. The van der Waals surface area contributed by atoms with E-state index >= 15 is 0 Å². The predicted octanol–water partition coefficient (Wildman–Crippen LogP) is 9.41. The molecule has 0 saturated carbocycles. The molecule has 0 saturated heterocycles. The third-order valence-electron chi connectivity index (χ3n) is 5.61. The maximum Gasteiger partial charge on any atom is 0.132 e. The van der Waals surface area contributed by atoms with Crippen molar-refractivity contribution in [3.05, 3.63) is 154 Å². The number of ether oxygens (including phenoxy) is 2. The van der Waals surface area contributed by atoms with E-state index in [4.69, 9.17) is 9.47 Å². The van der Waals surface area contributed by atoms with Crippen LogP contribution in [-0.2, 0) is 13.2 Å². The van der Waals surface area contributed by atoms with E-state index in [1.165, 1.54) is 17.2 Å². The highest BCUT2D eigenvalue weighted by Crippen LogP contribution is 2.27. The van der Waals surface area contributed by atoms with E-state index in [0.717, 1.165) is 27.1 Å². The first-order valence-corrected chi connectivity index (χ1v) is 12.8. The second-order valence-corrected chi connectivity index (χ2v) is 9.43. The Balaban J connectivity index is 0.000000186. The highest BCUT2D eigenvalue weighted by Gasteiger charge is 2.06. The van der Waals surface area contributed by atoms with Gasteiger partial charge >= 0.3 is 0 Å². The Morgan fingerprint density at radius 3 is 1.57 bits per heavy atom. The number of aryl methyl sites for hydroxylation is 1. The van der Waals surface area contributed by atoms with Gasteiger partial charge in [0.15, 0.2) is 0 Å². The second kappa shape index (κ2) is 13.4. The third-order valence-corrected chi connectivity index (χ3v) is 6.11. The molecule has 5 aromatic carbocycles. The summed E-state index contributed by atoms with van der Waals surface area (Å²) in [5, 5.41) is 0. The highest BCUT2D eigenvalue weighted by atomic mass is 79.9. The summed E-state index contributed by atoms with van der Waals surface area (Å²) in [5.74, 6) is 1.45. The van der Waals surface area contributed by atoms with Gasteiger partial charge in [-0.3, -0.25) is 0 Å². The largest absolute Gasteiger partial charge is 0.489 e. The van der Waals surface area contributed by atoms with Crippen molar-refractivity contribution in [1.29, 1.82) is 0 Å². The first-order valence-electron chi connectivity index (χ1n) is 12.0. The molecule has 5 rings (SSSR count). The quantitative estimate of drug-likeness (QED) is 0.199. The molecule has 0 amide bonds. The molecule has 0 aliphatic carbocycles. The number of hydrogen-bond donors (Lipinski definition) is 0. The summed E-state index contributed by atoms with van der Waals surface area (Å²) in [6, 6.07) is 40.8. The van der Waals surface area contributed by atoms with Gasteiger partial charge in [-0.2, -0.15) is 0 Å². The minimum absolute atomic E-state index is 0.243. The maximum atomic E-state index is 13.9. The van der Waals surface area contributed by atoms with Crippen LogP contribution in [0.2, 0.25) is 0 Å². The fourth-order valence-electron chi connectivity index (χ4n) is 3.57. The Kier molecular flexibility index (Phi) is 9.50. The molecule has 0 atom stereocenters. The summed E-state index contributed by atoms with van der Waals surface area (Å²) in [6.07, 6.45) is 0. The summed E-state index contributed by atoms with van der Waals surface area (Å²) in [5.41, 5.74) is 4.97. The van der Waals surface area contributed by atoms with Crippen LogP contribution in [0.5, 0.6) is 11.5 Å². The summed E-state index contributed by atoms with van der Waals surface area (Å²) < 4.78 is 26.1. The lowest BCUT2D eigenvalue weighted by atomic mass is 10.1. The van der Waals surface area contributed by atoms with Gasteiger partial charge < -0.3 is 9.47 Å². The van der Waals surface area contributed by atoms with Crippen molar-refractivity contribution in [3.63, 3.8) is 0 Å². The minimum Gasteiger partial charge on any atom is -0.489 e. The summed E-state index contributed by atoms with van der Waals surface area (Å²) in [6.45, 7) is 3.22. The number of rotatable bonds is 7. The molecule has 0 unspecified atom stereocenters. The van der Waals surface area contributed by atoms with Gasteiger partial charge in [0.2, 0.25) is 0 Å². The van der Waals surface area contributed by atoms with E-state index in [-0.39, 0.29) is 5.82 Å². The van der Waals surface area contributed by atoms with Gasteiger partial charge in [-0.15, -0.1) is 0 Å². The van der Waals surface area contributed by atoms with Crippen LogP contribution in [0.3, 0.4) is 0 Å². The normalized spacial score (nSPS) is 10.2. The zero-order chi connectivity index (χ0) is 25.9. The average Bonchev–Trinajstić information content (AvgIpc) is 2.94. The molecule has 4 heteroatoms. The van der Waals surface area contributed by atoms with Gasteiger partial charge in [0.05, 0.1) is 0 Å². The summed E-state index contributed by atoms with van der Waals surface area (Å²) in [4.78, 5) is 0. The molecule has 2 nitrogen and oxygen atoms in total. The monoisotopic (exact) mass is 554 g/mol. The first-order chi connectivity index (χ1) is 18.1. The van der Waals surface area contributed by atoms with Crippen LogP contribution in [-0.4, -0.2) is 0 Å². The molecule has 5 aromatic rings.